The molecule has 1 amide bonds. The molecular weight excluding hydrogens is 174 g/mol. The number of nitrogens with two attached hydrogens (primary N) is 1. The summed E-state index contributed by atoms with van der Waals surface area (Å²) in [5.74, 6) is 0.206. The van der Waals surface area contributed by atoms with Gasteiger partial charge in [0.15, 0.2) is 5.75 Å². The van der Waals surface area contributed by atoms with Crippen LogP contribution in [0.3, 0.4) is 0 Å². The summed E-state index contributed by atoms with van der Waals surface area (Å²) in [4.78, 5) is 11.9. The Labute approximate surface area is 73.5 Å². The standard InChI is InChI=1S/C8H7NO2S/c9-8(10)5-4-12-6-2-1-3-11-7(5)6/h1,3-4H,2H2,(H2,9,10). The molecule has 4 heteroatoms. The van der Waals surface area contributed by atoms with E-state index in [1.807, 2.05) is 6.08 Å². The summed E-state index contributed by atoms with van der Waals surface area (Å²) >= 11 is 1.50. The van der Waals surface area contributed by atoms with Crippen LogP contribution in [0.15, 0.2) is 17.7 Å². The van der Waals surface area contributed by atoms with Gasteiger partial charge in [-0.25, -0.2) is 0 Å². The Morgan fingerprint density at radius 3 is 3.25 bits per heavy atom. The van der Waals surface area contributed by atoms with E-state index in [0.717, 1.165) is 11.3 Å². The quantitative estimate of drug-likeness (QED) is 0.709. The number of carbonyl (C=O) groups is 1. The van der Waals surface area contributed by atoms with E-state index in [0.29, 0.717) is 11.3 Å². The lowest BCUT2D eigenvalue weighted by Crippen LogP contribution is -2.11. The molecule has 1 aromatic heterocycles. The van der Waals surface area contributed by atoms with Crippen molar-refractivity contribution in [3.05, 3.63) is 28.2 Å². The van der Waals surface area contributed by atoms with Gasteiger partial charge in [-0.3, -0.25) is 4.79 Å². The molecule has 0 saturated heterocycles. The minimum Gasteiger partial charge on any atom is -0.463 e. The number of amides is 1. The molecule has 1 aromatic rings. The van der Waals surface area contributed by atoms with Crippen LogP contribution in [0.2, 0.25) is 0 Å². The summed E-state index contributed by atoms with van der Waals surface area (Å²) in [5, 5.41) is 1.74. The molecule has 62 valence electrons. The highest BCUT2D eigenvalue weighted by Gasteiger charge is 2.17. The van der Waals surface area contributed by atoms with Crippen molar-refractivity contribution in [2.75, 3.05) is 0 Å². The third-order valence-electron chi connectivity index (χ3n) is 1.67. The lowest BCUT2D eigenvalue weighted by atomic mass is 10.2. The largest absolute Gasteiger partial charge is 0.463 e. The summed E-state index contributed by atoms with van der Waals surface area (Å²) < 4.78 is 5.18. The molecular formula is C8H7NO2S. The van der Waals surface area contributed by atoms with Crippen molar-refractivity contribution in [3.8, 4) is 5.75 Å². The van der Waals surface area contributed by atoms with Crippen LogP contribution in [0.25, 0.3) is 0 Å². The molecule has 1 aliphatic heterocycles. The van der Waals surface area contributed by atoms with Crippen LogP contribution in [-0.4, -0.2) is 5.91 Å². The van der Waals surface area contributed by atoms with Crippen LogP contribution in [0, 0.1) is 0 Å². The summed E-state index contributed by atoms with van der Waals surface area (Å²) in [6, 6.07) is 0. The molecule has 0 unspecified atom stereocenters. The number of primary amides is 1. The van der Waals surface area contributed by atoms with Crippen molar-refractivity contribution < 1.29 is 9.53 Å². The summed E-state index contributed by atoms with van der Waals surface area (Å²) in [7, 11) is 0. The van der Waals surface area contributed by atoms with Gasteiger partial charge in [-0.05, 0) is 6.08 Å². The molecule has 0 aliphatic carbocycles. The first-order valence-corrected chi connectivity index (χ1v) is 4.39. The molecule has 0 saturated carbocycles. The first-order chi connectivity index (χ1) is 5.79. The van der Waals surface area contributed by atoms with E-state index in [4.69, 9.17) is 10.5 Å². The first kappa shape index (κ1) is 7.36. The van der Waals surface area contributed by atoms with E-state index in [2.05, 4.69) is 0 Å². The lowest BCUT2D eigenvalue weighted by molar-refractivity contribution is 0.0998. The van der Waals surface area contributed by atoms with Crippen LogP contribution in [0.1, 0.15) is 15.2 Å². The Kier molecular flexibility index (Phi) is 1.62. The summed E-state index contributed by atoms with van der Waals surface area (Å²) in [5.41, 5.74) is 5.63. The fraction of sp³-hybridized carbons (Fsp3) is 0.125. The first-order valence-electron chi connectivity index (χ1n) is 3.51. The highest BCUT2D eigenvalue weighted by atomic mass is 32.1. The van der Waals surface area contributed by atoms with Gasteiger partial charge in [0.1, 0.15) is 0 Å². The molecule has 0 aromatic carbocycles. The zero-order chi connectivity index (χ0) is 8.55. The summed E-state index contributed by atoms with van der Waals surface area (Å²) in [6.07, 6.45) is 4.32. The number of carbonyl (C=O) groups excluding carboxylic acids is 1. The highest BCUT2D eigenvalue weighted by molar-refractivity contribution is 7.10. The van der Waals surface area contributed by atoms with Crippen molar-refractivity contribution >= 4 is 17.2 Å². The maximum Gasteiger partial charge on any atom is 0.253 e. The van der Waals surface area contributed by atoms with Crippen LogP contribution >= 0.6 is 11.3 Å². The van der Waals surface area contributed by atoms with Gasteiger partial charge in [-0.2, -0.15) is 0 Å². The number of ether oxygens (including phenoxy) is 1. The molecule has 0 atom stereocenters. The minimum atomic E-state index is -0.428. The van der Waals surface area contributed by atoms with Crippen molar-refractivity contribution in [2.45, 2.75) is 6.42 Å². The normalized spacial score (nSPS) is 13.7. The van der Waals surface area contributed by atoms with E-state index in [1.165, 1.54) is 11.3 Å². The average molecular weight is 181 g/mol. The molecule has 0 radical (unpaired) electrons. The predicted octanol–water partition coefficient (Wildman–Crippen LogP) is 1.30. The van der Waals surface area contributed by atoms with Crippen molar-refractivity contribution in [1.29, 1.82) is 0 Å². The third kappa shape index (κ3) is 1.00. The highest BCUT2D eigenvalue weighted by Crippen LogP contribution is 2.33. The van der Waals surface area contributed by atoms with Gasteiger partial charge in [0.2, 0.25) is 0 Å². The van der Waals surface area contributed by atoms with Crippen molar-refractivity contribution in [2.24, 2.45) is 5.73 Å². The Morgan fingerprint density at radius 2 is 2.50 bits per heavy atom. The number of hydrogen-bond donors (Lipinski definition) is 1. The molecule has 0 fully saturated rings. The van der Waals surface area contributed by atoms with Gasteiger partial charge in [-0.15, -0.1) is 11.3 Å². The topological polar surface area (TPSA) is 52.3 Å². The number of hydrogen-bond acceptors (Lipinski definition) is 3. The lowest BCUT2D eigenvalue weighted by Gasteiger charge is -2.06. The number of allylic oxidation sites excluding steroid dienone is 1. The molecule has 2 heterocycles. The van der Waals surface area contributed by atoms with Gasteiger partial charge < -0.3 is 10.5 Å². The van der Waals surface area contributed by atoms with Crippen molar-refractivity contribution in [1.82, 2.24) is 0 Å². The Bertz CT molecular complexity index is 354. The third-order valence-corrected chi connectivity index (χ3v) is 2.66. The van der Waals surface area contributed by atoms with Gasteiger partial charge in [0.25, 0.3) is 5.91 Å². The Morgan fingerprint density at radius 1 is 1.67 bits per heavy atom. The second-order valence-corrected chi connectivity index (χ2v) is 3.42. The Balaban J connectivity index is 2.48. The van der Waals surface area contributed by atoms with E-state index in [1.54, 1.807) is 11.6 Å². The van der Waals surface area contributed by atoms with Gasteiger partial charge >= 0.3 is 0 Å². The summed E-state index contributed by atoms with van der Waals surface area (Å²) in [6.45, 7) is 0. The fourth-order valence-corrected chi connectivity index (χ4v) is 2.04. The number of thiophene rings is 1. The van der Waals surface area contributed by atoms with Crippen LogP contribution in [0.4, 0.5) is 0 Å². The fourth-order valence-electron chi connectivity index (χ4n) is 1.10. The molecule has 12 heavy (non-hydrogen) atoms. The molecule has 3 nitrogen and oxygen atoms in total. The molecule has 0 spiro atoms. The van der Waals surface area contributed by atoms with Gasteiger partial charge in [0.05, 0.1) is 16.7 Å². The van der Waals surface area contributed by atoms with Crippen LogP contribution in [0.5, 0.6) is 5.75 Å². The number of fused-ring (bicyclic) bond motifs is 1. The van der Waals surface area contributed by atoms with Gasteiger partial charge in [0, 0.05) is 11.8 Å². The monoisotopic (exact) mass is 181 g/mol. The van der Waals surface area contributed by atoms with E-state index in [9.17, 15) is 4.79 Å². The van der Waals surface area contributed by atoms with E-state index in [-0.39, 0.29) is 0 Å². The maximum atomic E-state index is 10.9. The Hall–Kier alpha value is -1.29. The second-order valence-electron chi connectivity index (χ2n) is 2.46. The van der Waals surface area contributed by atoms with E-state index >= 15 is 0 Å². The molecule has 0 bridgehead atoms. The average Bonchev–Trinajstić information content (AvgIpc) is 2.47. The second kappa shape index (κ2) is 2.64. The van der Waals surface area contributed by atoms with E-state index < -0.39 is 5.91 Å². The zero-order valence-corrected chi connectivity index (χ0v) is 7.06. The maximum absolute atomic E-state index is 10.9. The van der Waals surface area contributed by atoms with Gasteiger partial charge in [-0.1, -0.05) is 0 Å². The number of rotatable bonds is 1. The minimum absolute atomic E-state index is 0.428. The molecule has 2 N–H and O–H groups in total. The predicted molar refractivity (Wildman–Crippen MR) is 46.3 cm³/mol. The smallest absolute Gasteiger partial charge is 0.253 e. The van der Waals surface area contributed by atoms with Crippen molar-refractivity contribution in [3.63, 3.8) is 0 Å². The molecule has 2 rings (SSSR count). The van der Waals surface area contributed by atoms with Crippen LogP contribution < -0.4 is 10.5 Å². The van der Waals surface area contributed by atoms with Crippen LogP contribution in [-0.2, 0) is 6.42 Å². The molecule has 1 aliphatic rings. The zero-order valence-electron chi connectivity index (χ0n) is 6.24. The SMILES string of the molecule is NC(=O)c1csc2c1OC=CC2.